The maximum absolute atomic E-state index is 13.0. The summed E-state index contributed by atoms with van der Waals surface area (Å²) in [7, 11) is 0. The Labute approximate surface area is 154 Å². The number of hydrogen-bond donors (Lipinski definition) is 0. The molecule has 1 fully saturated rings. The lowest BCUT2D eigenvalue weighted by atomic mass is 10.2. The van der Waals surface area contributed by atoms with Crippen LogP contribution in [0.4, 0.5) is 26.3 Å². The molecular formula is C15H5BrF6IN. The first-order valence-corrected chi connectivity index (χ1v) is 8.02. The number of alkyl halides is 6. The lowest BCUT2D eigenvalue weighted by Gasteiger charge is -2.03. The average Bonchev–Trinajstić information content (AvgIpc) is 3.19. The van der Waals surface area contributed by atoms with Crippen LogP contribution in [0.1, 0.15) is 5.56 Å². The summed E-state index contributed by atoms with van der Waals surface area (Å²) in [5.74, 6) is 0. The Morgan fingerprint density at radius 1 is 0.917 bits per heavy atom. The van der Waals surface area contributed by atoms with Crippen molar-refractivity contribution in [3.63, 3.8) is 0 Å². The molecular weight excluding hydrogens is 515 g/mol. The van der Waals surface area contributed by atoms with E-state index in [4.69, 9.17) is 5.26 Å². The summed E-state index contributed by atoms with van der Waals surface area (Å²) in [6.45, 7) is 0. The highest BCUT2D eigenvalue weighted by atomic mass is 127. The second-order valence-electron chi connectivity index (χ2n) is 4.60. The minimum atomic E-state index is -5.04. The fraction of sp³-hybridized carbons (Fsp3) is 0.133. The van der Waals surface area contributed by atoms with Crippen LogP contribution in [0.5, 0.6) is 0 Å². The predicted molar refractivity (Wildman–Crippen MR) is 88.1 cm³/mol. The third-order valence-electron chi connectivity index (χ3n) is 3.05. The van der Waals surface area contributed by atoms with E-state index in [1.165, 1.54) is 0 Å². The van der Waals surface area contributed by atoms with Gasteiger partial charge in [0.05, 0.1) is 0 Å². The number of benzene rings is 1. The molecule has 0 radical (unpaired) electrons. The molecule has 0 aliphatic heterocycles. The van der Waals surface area contributed by atoms with E-state index in [0.29, 0.717) is 5.56 Å². The molecule has 0 amide bonds. The molecule has 24 heavy (non-hydrogen) atoms. The zero-order chi connectivity index (χ0) is 18.3. The Kier molecular flexibility index (Phi) is 5.20. The summed E-state index contributed by atoms with van der Waals surface area (Å²) in [4.78, 5) is 0. The third kappa shape index (κ3) is 3.69. The van der Waals surface area contributed by atoms with Gasteiger partial charge in [-0.05, 0) is 44.1 Å². The SMILES string of the molecule is N#CC(=C1C(=C(I)c2ccccc2)C1=C(Br)C(F)(F)F)C(F)(F)F. The van der Waals surface area contributed by atoms with Gasteiger partial charge in [-0.1, -0.05) is 30.3 Å². The molecule has 0 heterocycles. The van der Waals surface area contributed by atoms with Gasteiger partial charge in [0.2, 0.25) is 0 Å². The van der Waals surface area contributed by atoms with E-state index in [2.05, 4.69) is 15.9 Å². The van der Waals surface area contributed by atoms with Crippen LogP contribution in [0.3, 0.4) is 0 Å². The summed E-state index contributed by atoms with van der Waals surface area (Å²) in [5, 5.41) is 8.77. The summed E-state index contributed by atoms with van der Waals surface area (Å²) < 4.78 is 76.5. The molecule has 0 atom stereocenters. The van der Waals surface area contributed by atoms with E-state index >= 15 is 0 Å². The van der Waals surface area contributed by atoms with Gasteiger partial charge in [0.25, 0.3) is 0 Å². The molecule has 2 rings (SSSR count). The van der Waals surface area contributed by atoms with Crippen molar-refractivity contribution in [1.29, 1.82) is 5.26 Å². The monoisotopic (exact) mass is 519 g/mol. The van der Waals surface area contributed by atoms with Crippen LogP contribution >= 0.6 is 38.5 Å². The third-order valence-corrected chi connectivity index (χ3v) is 5.06. The molecule has 0 aromatic heterocycles. The van der Waals surface area contributed by atoms with Gasteiger partial charge in [-0.2, -0.15) is 31.6 Å². The Morgan fingerprint density at radius 3 is 1.88 bits per heavy atom. The van der Waals surface area contributed by atoms with E-state index in [0.717, 1.165) is 6.07 Å². The average molecular weight is 520 g/mol. The molecule has 1 aromatic carbocycles. The highest BCUT2D eigenvalue weighted by Crippen LogP contribution is 2.59. The van der Waals surface area contributed by atoms with Crippen molar-refractivity contribution >= 4 is 42.1 Å². The quantitative estimate of drug-likeness (QED) is 0.238. The Hall–Kier alpha value is -1.28. The van der Waals surface area contributed by atoms with Gasteiger partial charge < -0.3 is 0 Å². The Morgan fingerprint density at radius 2 is 1.46 bits per heavy atom. The van der Waals surface area contributed by atoms with Crippen LogP contribution in [0, 0.1) is 11.3 Å². The summed E-state index contributed by atoms with van der Waals surface area (Å²) in [6.07, 6.45) is -9.90. The maximum Gasteiger partial charge on any atom is 0.426 e. The van der Waals surface area contributed by atoms with Crippen molar-refractivity contribution < 1.29 is 26.3 Å². The minimum absolute atomic E-state index is 0.205. The first-order chi connectivity index (χ1) is 11.0. The predicted octanol–water partition coefficient (Wildman–Crippen LogP) is 6.44. The zero-order valence-corrected chi connectivity index (χ0v) is 15.1. The highest BCUT2D eigenvalue weighted by molar-refractivity contribution is 14.1. The van der Waals surface area contributed by atoms with E-state index in [1.54, 1.807) is 52.9 Å². The van der Waals surface area contributed by atoms with Crippen LogP contribution < -0.4 is 0 Å². The maximum atomic E-state index is 13.0. The van der Waals surface area contributed by atoms with Gasteiger partial charge >= 0.3 is 12.4 Å². The minimum Gasteiger partial charge on any atom is -0.192 e. The highest BCUT2D eigenvalue weighted by Gasteiger charge is 2.51. The van der Waals surface area contributed by atoms with Gasteiger partial charge in [0.15, 0.2) is 0 Å². The summed E-state index contributed by atoms with van der Waals surface area (Å²) in [6, 6.07) is 8.97. The van der Waals surface area contributed by atoms with Crippen LogP contribution in [-0.2, 0) is 0 Å². The van der Waals surface area contributed by atoms with Gasteiger partial charge in [0.1, 0.15) is 16.1 Å². The molecule has 126 valence electrons. The van der Waals surface area contributed by atoms with Gasteiger partial charge in [-0.25, -0.2) is 0 Å². The van der Waals surface area contributed by atoms with Crippen molar-refractivity contribution in [2.24, 2.45) is 0 Å². The Bertz CT molecular complexity index is 809. The van der Waals surface area contributed by atoms with Gasteiger partial charge in [-0.3, -0.25) is 0 Å². The van der Waals surface area contributed by atoms with Crippen LogP contribution in [0.25, 0.3) is 3.58 Å². The van der Waals surface area contributed by atoms with Crippen molar-refractivity contribution in [3.8, 4) is 6.07 Å². The summed E-state index contributed by atoms with van der Waals surface area (Å²) in [5.41, 5.74) is -2.76. The molecule has 0 bridgehead atoms. The van der Waals surface area contributed by atoms with E-state index < -0.39 is 33.6 Å². The number of nitrogens with zero attached hydrogens (tertiary/aromatic N) is 1. The zero-order valence-electron chi connectivity index (χ0n) is 11.4. The van der Waals surface area contributed by atoms with Crippen molar-refractivity contribution in [3.05, 3.63) is 62.7 Å². The van der Waals surface area contributed by atoms with Crippen LogP contribution in [-0.4, -0.2) is 12.4 Å². The van der Waals surface area contributed by atoms with Gasteiger partial charge in [-0.15, -0.1) is 0 Å². The molecule has 9 heteroatoms. The van der Waals surface area contributed by atoms with E-state index in [9.17, 15) is 26.3 Å². The van der Waals surface area contributed by atoms with Crippen molar-refractivity contribution in [1.82, 2.24) is 0 Å². The van der Waals surface area contributed by atoms with Crippen LogP contribution in [0.15, 0.2) is 57.1 Å². The molecule has 0 unspecified atom stereocenters. The lowest BCUT2D eigenvalue weighted by molar-refractivity contribution is -0.0882. The largest absolute Gasteiger partial charge is 0.426 e. The lowest BCUT2D eigenvalue weighted by Crippen LogP contribution is -2.10. The topological polar surface area (TPSA) is 23.8 Å². The second kappa shape index (κ2) is 6.55. The molecule has 1 aliphatic carbocycles. The smallest absolute Gasteiger partial charge is 0.192 e. The molecule has 0 saturated heterocycles. The molecule has 1 aliphatic rings. The Balaban J connectivity index is 2.80. The van der Waals surface area contributed by atoms with Crippen molar-refractivity contribution in [2.45, 2.75) is 12.4 Å². The van der Waals surface area contributed by atoms with E-state index in [-0.39, 0.29) is 9.15 Å². The number of hydrogen-bond acceptors (Lipinski definition) is 1. The van der Waals surface area contributed by atoms with E-state index in [1.807, 2.05) is 0 Å². The first-order valence-electron chi connectivity index (χ1n) is 6.15. The molecule has 1 aromatic rings. The first kappa shape index (κ1) is 19.1. The standard InChI is InChI=1S/C15H5BrF6IN/c16-13(15(20,21)22)11-9(8(6-24)14(17,18)19)10(11)12(23)7-4-2-1-3-5-7/h1-5H. The second-order valence-corrected chi connectivity index (χ2v) is 6.47. The fourth-order valence-electron chi connectivity index (χ4n) is 2.01. The number of allylic oxidation sites excluding steroid dienone is 5. The molecule has 0 spiro atoms. The fourth-order valence-corrected chi connectivity index (χ4v) is 3.30. The molecule has 1 saturated carbocycles. The number of halogens is 8. The molecule has 1 nitrogen and oxygen atoms in total. The van der Waals surface area contributed by atoms with Crippen LogP contribution in [0.2, 0.25) is 0 Å². The number of nitriles is 1. The van der Waals surface area contributed by atoms with Crippen molar-refractivity contribution in [2.75, 3.05) is 0 Å². The normalized spacial score (nSPS) is 21.1. The summed E-state index contributed by atoms with van der Waals surface area (Å²) >= 11 is 3.99. The molecule has 0 N–H and O–H groups in total. The number of rotatable bonds is 1. The van der Waals surface area contributed by atoms with Gasteiger partial charge in [0, 0.05) is 20.3 Å².